The number of hydrogen-bond acceptors (Lipinski definition) is 22. The van der Waals surface area contributed by atoms with Crippen LogP contribution in [0.3, 0.4) is 0 Å². The Hall–Kier alpha value is -3.48. The number of fused-ring (bicyclic) bond motifs is 1. The molecule has 7 atom stereocenters. The number of nitrogens with one attached hydrogen (secondary N) is 2. The predicted molar refractivity (Wildman–Crippen MR) is 247 cm³/mol. The molecule has 1 aliphatic rings. The third-order valence-electron chi connectivity index (χ3n) is 9.96. The topological polar surface area (TPSA) is 375 Å². The molecule has 24 nitrogen and oxygen atoms in total. The summed E-state index contributed by atoms with van der Waals surface area (Å²) in [4.78, 5) is 96.9. The molecule has 2 amide bonds. The molecule has 1 aliphatic heterocycles. The summed E-state index contributed by atoms with van der Waals surface area (Å²) in [6.07, 6.45) is 18.9. The molecule has 0 aromatic carbocycles. The Morgan fingerprint density at radius 2 is 1.54 bits per heavy atom. The molecule has 28 heteroatoms. The summed E-state index contributed by atoms with van der Waals surface area (Å²) < 4.78 is 60.8. The lowest BCUT2D eigenvalue weighted by Crippen LogP contribution is -2.46. The second-order valence-electron chi connectivity index (χ2n) is 16.2. The summed E-state index contributed by atoms with van der Waals surface area (Å²) in [5.41, 5.74) is 4.08. The van der Waals surface area contributed by atoms with Crippen LogP contribution in [0.1, 0.15) is 97.6 Å². The SMILES string of the molecule is CC/C=C\C/C=C\C/C=C\C/C=C\CCCCCCC(=O)SCCNC(=O)CCNC(=O)[C@H](O)C(C)(C)COP(=O)([O-])OP(=O)([O-])OC[C@H]1O[C@@H](n2cnc3c(N)ncnc32)[C@H](O)[C@@H]1OP(=O)([O-])[O-]. The van der Waals surface area contributed by atoms with Crippen molar-refractivity contribution in [2.24, 2.45) is 5.41 Å². The van der Waals surface area contributed by atoms with Crippen molar-refractivity contribution in [3.63, 3.8) is 0 Å². The highest BCUT2D eigenvalue weighted by molar-refractivity contribution is 8.13. The summed E-state index contributed by atoms with van der Waals surface area (Å²) >= 11 is 1.12. The minimum Gasteiger partial charge on any atom is -0.790 e. The molecule has 2 unspecified atom stereocenters. The number of nitrogen functional groups attached to an aromatic ring is 1. The lowest BCUT2D eigenvalue weighted by molar-refractivity contribution is -0.347. The Balaban J connectivity index is 1.29. The minimum atomic E-state index is -5.92. The number of unbranched alkanes of at least 4 members (excludes halogenated alkanes) is 4. The van der Waals surface area contributed by atoms with E-state index in [1.54, 1.807) is 0 Å². The fourth-order valence-electron chi connectivity index (χ4n) is 6.33. The standard InChI is InChI=1S/C41H66N7O17P3S/c1-4-5-6-7-8-9-10-11-12-13-14-15-16-17-18-19-20-21-32(50)69-25-24-43-31(49)22-23-44-39(53)36(52)41(2,3)27-62-68(59,60)65-67(57,58)61-26-30-35(64-66(54,55)56)34(51)40(63-30)48-29-47-33-37(42)45-28-46-38(33)48/h5-6,8-9,11-12,14-15,28-30,34-36,40,51-52H,4,7,10,13,16-27H2,1-3H3,(H,43,49)(H,44,53)(H,57,58)(H,59,60)(H2,42,45,46)(H2,54,55,56)/p-4/b6-5-,9-8-,12-11-,15-14-/t30-,34-,35-,36+,40-/m1/s1. The number of aliphatic hydroxyl groups excluding tert-OH is 2. The van der Waals surface area contributed by atoms with Crippen molar-refractivity contribution in [1.82, 2.24) is 30.2 Å². The molecule has 1 saturated heterocycles. The van der Waals surface area contributed by atoms with Crippen molar-refractivity contribution in [2.45, 2.75) is 122 Å². The quantitative estimate of drug-likeness (QED) is 0.0389. The molecule has 0 aliphatic carbocycles. The third-order valence-corrected chi connectivity index (χ3v) is 13.9. The van der Waals surface area contributed by atoms with E-state index in [1.807, 2.05) is 0 Å². The number of thioether (sulfide) groups is 1. The number of rotatable bonds is 33. The van der Waals surface area contributed by atoms with Crippen molar-refractivity contribution in [1.29, 1.82) is 0 Å². The molecule has 0 saturated carbocycles. The zero-order chi connectivity index (χ0) is 51.1. The highest BCUT2D eigenvalue weighted by atomic mass is 32.2. The van der Waals surface area contributed by atoms with Crippen LogP contribution >= 0.6 is 35.2 Å². The van der Waals surface area contributed by atoms with E-state index in [-0.39, 0.29) is 41.6 Å². The van der Waals surface area contributed by atoms with E-state index in [9.17, 15) is 57.9 Å². The van der Waals surface area contributed by atoms with E-state index >= 15 is 0 Å². The molecule has 0 radical (unpaired) electrons. The van der Waals surface area contributed by atoms with Crippen LogP contribution in [0, 0.1) is 5.41 Å². The van der Waals surface area contributed by atoms with Gasteiger partial charge >= 0.3 is 0 Å². The van der Waals surface area contributed by atoms with Crippen LogP contribution < -0.4 is 35.9 Å². The summed E-state index contributed by atoms with van der Waals surface area (Å²) in [6.45, 7) is 2.25. The Morgan fingerprint density at radius 3 is 2.20 bits per heavy atom. The minimum absolute atomic E-state index is 0.0208. The predicted octanol–water partition coefficient (Wildman–Crippen LogP) is 2.28. The van der Waals surface area contributed by atoms with Gasteiger partial charge in [0.1, 0.15) is 36.3 Å². The van der Waals surface area contributed by atoms with Gasteiger partial charge in [0.25, 0.3) is 15.6 Å². The zero-order valence-corrected chi connectivity index (χ0v) is 42.1. The summed E-state index contributed by atoms with van der Waals surface area (Å²) in [6, 6.07) is 0. The van der Waals surface area contributed by atoms with Gasteiger partial charge in [-0.2, -0.15) is 0 Å². The fourth-order valence-corrected chi connectivity index (χ4v) is 9.78. The average Bonchev–Trinajstić information content (AvgIpc) is 3.84. The molecule has 2 aromatic rings. The van der Waals surface area contributed by atoms with E-state index < -0.39 is 84.6 Å². The Labute approximate surface area is 405 Å². The number of carbonyl (C=O) groups excluding carboxylic acids is 3. The van der Waals surface area contributed by atoms with Crippen LogP contribution in [0.5, 0.6) is 0 Å². The number of phosphoric ester groups is 3. The number of hydrogen-bond donors (Lipinski definition) is 5. The maximum absolute atomic E-state index is 12.6. The van der Waals surface area contributed by atoms with Crippen LogP contribution in [-0.2, 0) is 50.7 Å². The number of carbonyl (C=O) groups is 3. The van der Waals surface area contributed by atoms with Gasteiger partial charge in [-0.3, -0.25) is 28.1 Å². The molecule has 1 fully saturated rings. The maximum Gasteiger partial charge on any atom is 0.274 e. The summed E-state index contributed by atoms with van der Waals surface area (Å²) in [5, 5.41) is 26.4. The Kier molecular flexibility index (Phi) is 25.8. The molecular weight excluding hydrogens is 987 g/mol. The van der Waals surface area contributed by atoms with Crippen molar-refractivity contribution in [2.75, 3.05) is 37.8 Å². The zero-order valence-electron chi connectivity index (χ0n) is 38.6. The molecule has 69 heavy (non-hydrogen) atoms. The number of allylic oxidation sites excluding steroid dienone is 8. The Bertz CT molecular complexity index is 2220. The molecule has 3 heterocycles. The number of aliphatic hydroxyl groups is 2. The summed E-state index contributed by atoms with van der Waals surface area (Å²) in [7, 11) is -17.6. The van der Waals surface area contributed by atoms with Crippen molar-refractivity contribution < 1.29 is 80.5 Å². The largest absolute Gasteiger partial charge is 0.790 e. The Morgan fingerprint density at radius 1 is 0.899 bits per heavy atom. The van der Waals surface area contributed by atoms with Crippen LogP contribution in [0.15, 0.2) is 61.3 Å². The smallest absolute Gasteiger partial charge is 0.274 e. The first-order valence-corrected chi connectivity index (χ1v) is 27.5. The molecule has 3 rings (SSSR count). The van der Waals surface area contributed by atoms with Gasteiger partial charge in [0.05, 0.1) is 27.4 Å². The third kappa shape index (κ3) is 22.6. The van der Waals surface area contributed by atoms with Gasteiger partial charge in [0.2, 0.25) is 11.8 Å². The molecule has 0 bridgehead atoms. The fraction of sp³-hybridized carbons (Fsp3) is 0.610. The van der Waals surface area contributed by atoms with Crippen LogP contribution in [-0.4, -0.2) is 103 Å². The number of amides is 2. The number of anilines is 1. The van der Waals surface area contributed by atoms with E-state index in [4.69, 9.17) is 10.5 Å². The second-order valence-corrected chi connectivity index (χ2v) is 21.4. The van der Waals surface area contributed by atoms with Crippen molar-refractivity contribution in [3.8, 4) is 0 Å². The van der Waals surface area contributed by atoms with E-state index in [0.717, 1.165) is 86.8 Å². The normalized spacial score (nSPS) is 20.3. The number of ether oxygens (including phenoxy) is 1. The first-order valence-electron chi connectivity index (χ1n) is 22.1. The van der Waals surface area contributed by atoms with Gasteiger partial charge < -0.3 is 69.0 Å². The highest BCUT2D eigenvalue weighted by Gasteiger charge is 2.47. The van der Waals surface area contributed by atoms with Crippen LogP contribution in [0.4, 0.5) is 5.82 Å². The average molecular weight is 1050 g/mol. The van der Waals surface area contributed by atoms with Gasteiger partial charge in [0.15, 0.2) is 22.8 Å². The van der Waals surface area contributed by atoms with Crippen LogP contribution in [0.25, 0.3) is 11.2 Å². The summed E-state index contributed by atoms with van der Waals surface area (Å²) in [5.74, 6) is -1.17. The van der Waals surface area contributed by atoms with Crippen molar-refractivity contribution >= 4 is 69.1 Å². The molecular formula is C41H62N7O17P3S-4. The van der Waals surface area contributed by atoms with Gasteiger partial charge in [-0.1, -0.05) is 94.0 Å². The van der Waals surface area contributed by atoms with Gasteiger partial charge in [-0.15, -0.1) is 0 Å². The van der Waals surface area contributed by atoms with Gasteiger partial charge in [0, 0.05) is 37.1 Å². The molecule has 388 valence electrons. The molecule has 0 spiro atoms. The first-order chi connectivity index (χ1) is 32.6. The number of nitrogens with two attached hydrogens (primary N) is 1. The first kappa shape index (κ1) is 59.8. The second kappa shape index (κ2) is 29.8. The number of aromatic nitrogens is 4. The van der Waals surface area contributed by atoms with E-state index in [0.29, 0.717) is 12.2 Å². The maximum atomic E-state index is 12.6. The van der Waals surface area contributed by atoms with Gasteiger partial charge in [-0.05, 0) is 44.9 Å². The van der Waals surface area contributed by atoms with E-state index in [2.05, 4.69) is 99.0 Å². The van der Waals surface area contributed by atoms with Crippen LogP contribution in [0.2, 0.25) is 0 Å². The molecule has 2 aromatic heterocycles. The number of phosphoric acid groups is 3. The van der Waals surface area contributed by atoms with Crippen molar-refractivity contribution in [3.05, 3.63) is 61.3 Å². The highest BCUT2D eigenvalue weighted by Crippen LogP contribution is 2.56. The monoisotopic (exact) mass is 1050 g/mol. The van der Waals surface area contributed by atoms with Gasteiger partial charge in [-0.25, -0.2) is 19.3 Å². The molecule has 6 N–H and O–H groups in total. The lowest BCUT2D eigenvalue weighted by Gasteiger charge is -2.36. The lowest BCUT2D eigenvalue weighted by atomic mass is 9.87. The number of imidazole rings is 1. The number of nitrogens with zero attached hydrogens (tertiary/aromatic N) is 4. The van der Waals surface area contributed by atoms with E-state index in [1.165, 1.54) is 13.8 Å².